The van der Waals surface area contributed by atoms with Crippen LogP contribution < -0.4 is 0 Å². The van der Waals surface area contributed by atoms with Crippen LogP contribution >= 0.6 is 0 Å². The second-order valence-electron chi connectivity index (χ2n) is 4.46. The molecule has 3 atom stereocenters. The lowest BCUT2D eigenvalue weighted by Crippen LogP contribution is -2.07. The minimum Gasteiger partial charge on any atom is -0.0999 e. The Morgan fingerprint density at radius 3 is 2.18 bits per heavy atom. The van der Waals surface area contributed by atoms with Crippen LogP contribution in [0.2, 0.25) is 0 Å². The molecule has 0 aromatic carbocycles. The summed E-state index contributed by atoms with van der Waals surface area (Å²) >= 11 is 0. The summed E-state index contributed by atoms with van der Waals surface area (Å²) < 4.78 is 0. The number of hydrogen-bond acceptors (Lipinski definition) is 0. The first-order chi connectivity index (χ1) is 5.04. The van der Waals surface area contributed by atoms with E-state index in [0.29, 0.717) is 0 Å². The summed E-state index contributed by atoms with van der Waals surface area (Å²) in [4.78, 5) is 0. The van der Waals surface area contributed by atoms with Gasteiger partial charge in [-0.25, -0.2) is 0 Å². The maximum absolute atomic E-state index is 4.01. The van der Waals surface area contributed by atoms with Crippen LogP contribution in [0, 0.1) is 23.7 Å². The molecule has 0 nitrogen and oxygen atoms in total. The van der Waals surface area contributed by atoms with Crippen LogP contribution in [0.1, 0.15) is 34.1 Å². The standard InChI is InChI=1S/C11H20/c1-7(2)9(5)11-6-10(11)8(3)4/h7,9-11H,3,6H2,1-2,4-5H3. The van der Waals surface area contributed by atoms with Crippen molar-refractivity contribution in [1.82, 2.24) is 0 Å². The molecule has 0 saturated heterocycles. The van der Waals surface area contributed by atoms with Crippen molar-refractivity contribution in [3.05, 3.63) is 12.2 Å². The van der Waals surface area contributed by atoms with Gasteiger partial charge in [0.15, 0.2) is 0 Å². The van der Waals surface area contributed by atoms with Gasteiger partial charge in [-0.15, -0.1) is 0 Å². The second-order valence-corrected chi connectivity index (χ2v) is 4.46. The molecule has 3 unspecified atom stereocenters. The van der Waals surface area contributed by atoms with Gasteiger partial charge in [0, 0.05) is 0 Å². The maximum atomic E-state index is 4.01. The molecule has 1 fully saturated rings. The molecule has 0 N–H and O–H groups in total. The van der Waals surface area contributed by atoms with Gasteiger partial charge in [0.2, 0.25) is 0 Å². The Hall–Kier alpha value is -0.260. The predicted octanol–water partition coefficient (Wildman–Crippen LogP) is 3.49. The Bertz CT molecular complexity index is 155. The molecule has 0 spiro atoms. The largest absolute Gasteiger partial charge is 0.0999 e. The Balaban J connectivity index is 2.37. The molecule has 1 saturated carbocycles. The topological polar surface area (TPSA) is 0 Å². The average molecular weight is 152 g/mol. The maximum Gasteiger partial charge on any atom is -0.0175 e. The van der Waals surface area contributed by atoms with E-state index < -0.39 is 0 Å². The lowest BCUT2D eigenvalue weighted by Gasteiger charge is -2.14. The molecule has 0 heterocycles. The van der Waals surface area contributed by atoms with Crippen molar-refractivity contribution >= 4 is 0 Å². The molecule has 0 heteroatoms. The van der Waals surface area contributed by atoms with Gasteiger partial charge in [-0.05, 0) is 37.0 Å². The molecule has 1 rings (SSSR count). The molecule has 0 amide bonds. The van der Waals surface area contributed by atoms with E-state index in [0.717, 1.165) is 23.7 Å². The Labute approximate surface area is 70.7 Å². The molecule has 64 valence electrons. The minimum absolute atomic E-state index is 0.837. The van der Waals surface area contributed by atoms with Gasteiger partial charge in [0.05, 0.1) is 0 Å². The van der Waals surface area contributed by atoms with E-state index in [4.69, 9.17) is 0 Å². The third kappa shape index (κ3) is 1.85. The van der Waals surface area contributed by atoms with Crippen LogP contribution in [0.25, 0.3) is 0 Å². The van der Waals surface area contributed by atoms with E-state index in [1.807, 2.05) is 0 Å². The summed E-state index contributed by atoms with van der Waals surface area (Å²) in [6.45, 7) is 13.2. The van der Waals surface area contributed by atoms with E-state index in [1.165, 1.54) is 12.0 Å². The Morgan fingerprint density at radius 2 is 1.91 bits per heavy atom. The molecular weight excluding hydrogens is 132 g/mol. The molecule has 0 radical (unpaired) electrons. The third-order valence-electron chi connectivity index (χ3n) is 3.20. The highest BCUT2D eigenvalue weighted by molar-refractivity contribution is 5.10. The first-order valence-electron chi connectivity index (χ1n) is 4.69. The zero-order chi connectivity index (χ0) is 8.59. The molecule has 0 bridgehead atoms. The summed E-state index contributed by atoms with van der Waals surface area (Å²) in [5.74, 6) is 3.53. The molecule has 0 aromatic heterocycles. The summed E-state index contributed by atoms with van der Waals surface area (Å²) in [6, 6.07) is 0. The molecule has 0 aromatic rings. The minimum atomic E-state index is 0.837. The average Bonchev–Trinajstić information content (AvgIpc) is 2.63. The Kier molecular flexibility index (Phi) is 2.41. The van der Waals surface area contributed by atoms with Crippen LogP contribution in [-0.2, 0) is 0 Å². The summed E-state index contributed by atoms with van der Waals surface area (Å²) in [5, 5.41) is 0. The van der Waals surface area contributed by atoms with Crippen molar-refractivity contribution in [1.29, 1.82) is 0 Å². The smallest absolute Gasteiger partial charge is 0.0175 e. The molecule has 1 aliphatic carbocycles. The van der Waals surface area contributed by atoms with Crippen molar-refractivity contribution in [2.24, 2.45) is 23.7 Å². The molecule has 1 aliphatic rings. The van der Waals surface area contributed by atoms with Gasteiger partial charge >= 0.3 is 0 Å². The fourth-order valence-electron chi connectivity index (χ4n) is 1.86. The number of hydrogen-bond donors (Lipinski definition) is 0. The van der Waals surface area contributed by atoms with Gasteiger partial charge in [0.25, 0.3) is 0 Å². The quantitative estimate of drug-likeness (QED) is 0.543. The SMILES string of the molecule is C=C(C)C1CC1C(C)C(C)C. The van der Waals surface area contributed by atoms with Crippen LogP contribution in [0.15, 0.2) is 12.2 Å². The molecule has 0 aliphatic heterocycles. The predicted molar refractivity (Wildman–Crippen MR) is 50.4 cm³/mol. The lowest BCUT2D eigenvalue weighted by atomic mass is 9.91. The zero-order valence-electron chi connectivity index (χ0n) is 8.22. The normalized spacial score (nSPS) is 32.1. The van der Waals surface area contributed by atoms with Gasteiger partial charge < -0.3 is 0 Å². The van der Waals surface area contributed by atoms with Crippen LogP contribution in [-0.4, -0.2) is 0 Å². The van der Waals surface area contributed by atoms with Crippen molar-refractivity contribution in [2.45, 2.75) is 34.1 Å². The fraction of sp³-hybridized carbons (Fsp3) is 0.818. The summed E-state index contributed by atoms with van der Waals surface area (Å²) in [5.41, 5.74) is 1.39. The molecular formula is C11H20. The highest BCUT2D eigenvalue weighted by atomic mass is 14.5. The van der Waals surface area contributed by atoms with E-state index in [1.54, 1.807) is 0 Å². The highest BCUT2D eigenvalue weighted by Gasteiger charge is 2.41. The van der Waals surface area contributed by atoms with Gasteiger partial charge in [0.1, 0.15) is 0 Å². The third-order valence-corrected chi connectivity index (χ3v) is 3.20. The second kappa shape index (κ2) is 3.00. The van der Waals surface area contributed by atoms with Crippen molar-refractivity contribution in [2.75, 3.05) is 0 Å². The first-order valence-corrected chi connectivity index (χ1v) is 4.69. The van der Waals surface area contributed by atoms with E-state index in [9.17, 15) is 0 Å². The van der Waals surface area contributed by atoms with Crippen molar-refractivity contribution in [3.8, 4) is 0 Å². The summed E-state index contributed by atoms with van der Waals surface area (Å²) in [6.07, 6.45) is 1.40. The van der Waals surface area contributed by atoms with Crippen LogP contribution in [0.5, 0.6) is 0 Å². The van der Waals surface area contributed by atoms with Gasteiger partial charge in [-0.1, -0.05) is 32.9 Å². The van der Waals surface area contributed by atoms with Gasteiger partial charge in [-0.2, -0.15) is 0 Å². The fourth-order valence-corrected chi connectivity index (χ4v) is 1.86. The summed E-state index contributed by atoms with van der Waals surface area (Å²) in [7, 11) is 0. The lowest BCUT2D eigenvalue weighted by molar-refractivity contribution is 0.361. The Morgan fingerprint density at radius 1 is 1.36 bits per heavy atom. The monoisotopic (exact) mass is 152 g/mol. The number of allylic oxidation sites excluding steroid dienone is 1. The van der Waals surface area contributed by atoms with E-state index in [-0.39, 0.29) is 0 Å². The zero-order valence-corrected chi connectivity index (χ0v) is 8.22. The van der Waals surface area contributed by atoms with Crippen molar-refractivity contribution < 1.29 is 0 Å². The van der Waals surface area contributed by atoms with Crippen LogP contribution in [0.3, 0.4) is 0 Å². The van der Waals surface area contributed by atoms with E-state index >= 15 is 0 Å². The number of rotatable bonds is 3. The van der Waals surface area contributed by atoms with Crippen molar-refractivity contribution in [3.63, 3.8) is 0 Å². The first kappa shape index (κ1) is 8.83. The van der Waals surface area contributed by atoms with E-state index in [2.05, 4.69) is 34.3 Å². The highest BCUT2D eigenvalue weighted by Crippen LogP contribution is 2.50. The van der Waals surface area contributed by atoms with Crippen LogP contribution in [0.4, 0.5) is 0 Å². The van der Waals surface area contributed by atoms with Gasteiger partial charge in [-0.3, -0.25) is 0 Å². The molecule has 11 heavy (non-hydrogen) atoms.